The van der Waals surface area contributed by atoms with Crippen molar-refractivity contribution in [2.75, 3.05) is 0 Å². The van der Waals surface area contributed by atoms with E-state index in [-0.39, 0.29) is 116 Å². The van der Waals surface area contributed by atoms with Gasteiger partial charge in [-0.15, -0.1) is 0 Å². The molecule has 0 atom stereocenters. The molecule has 0 bridgehead atoms. The summed E-state index contributed by atoms with van der Waals surface area (Å²) in [5.74, 6) is -1.82. The van der Waals surface area contributed by atoms with Crippen LogP contribution < -0.4 is 113 Å². The van der Waals surface area contributed by atoms with Gasteiger partial charge in [0.15, 0.2) is 0 Å². The predicted octanol–water partition coefficient (Wildman–Crippen LogP) is 3.78. The quantitative estimate of drug-likeness (QED) is 0.0655. The van der Waals surface area contributed by atoms with Crippen LogP contribution in [0.1, 0.15) is 206 Å². The van der Waals surface area contributed by atoms with E-state index in [9.17, 15) is 19.8 Å². The topological polar surface area (TPSA) is 80.3 Å². The second-order valence-electron chi connectivity index (χ2n) is 11.8. The first-order chi connectivity index (χ1) is 19.5. The summed E-state index contributed by atoms with van der Waals surface area (Å²) in [6.07, 6.45) is 40.8. The molecule has 0 rings (SSSR count). The van der Waals surface area contributed by atoms with Gasteiger partial charge in [0.1, 0.15) is 0 Å². The van der Waals surface area contributed by atoms with Gasteiger partial charge in [-0.1, -0.05) is 167 Å². The van der Waals surface area contributed by atoms with Crippen molar-refractivity contribution in [2.24, 2.45) is 0 Å². The van der Waals surface area contributed by atoms with E-state index in [0.29, 0.717) is 0 Å². The number of carbonyl (C=O) groups excluding carboxylic acids is 2. The molecule has 0 amide bonds. The Labute approximate surface area is 348 Å². The Balaban J connectivity index is -0.000000328. The van der Waals surface area contributed by atoms with Crippen LogP contribution in [0.15, 0.2) is 12.2 Å². The molecule has 0 heterocycles. The largest absolute Gasteiger partial charge is 1.00 e. The third-order valence-electron chi connectivity index (χ3n) is 7.63. The van der Waals surface area contributed by atoms with Crippen molar-refractivity contribution < 1.29 is 123 Å². The minimum absolute atomic E-state index is 0. The third kappa shape index (κ3) is 54.4. The van der Waals surface area contributed by atoms with E-state index in [4.69, 9.17) is 0 Å². The van der Waals surface area contributed by atoms with Crippen molar-refractivity contribution in [3.63, 3.8) is 0 Å². The van der Waals surface area contributed by atoms with Gasteiger partial charge in [0.25, 0.3) is 0 Å². The zero-order valence-electron chi connectivity index (χ0n) is 29.0. The molecule has 0 saturated heterocycles. The number of rotatable bonds is 31. The molecule has 238 valence electrons. The van der Waals surface area contributed by atoms with E-state index < -0.39 is 11.9 Å². The fourth-order valence-electron chi connectivity index (χ4n) is 4.98. The Kier molecular flexibility index (Phi) is 57.3. The molecule has 0 aliphatic carbocycles. The maximum atomic E-state index is 10.2. The number of hydrogen-bond acceptors (Lipinski definition) is 4. The summed E-state index contributed by atoms with van der Waals surface area (Å²) < 4.78 is 0. The molecule has 0 aromatic carbocycles. The molecule has 0 aliphatic rings. The molecule has 0 fully saturated rings. The molecule has 0 saturated carbocycles. The fraction of sp³-hybridized carbons (Fsp3) is 0.889. The van der Waals surface area contributed by atoms with Gasteiger partial charge in [0.05, 0.1) is 0 Å². The van der Waals surface area contributed by atoms with Crippen molar-refractivity contribution in [1.82, 2.24) is 0 Å². The fourth-order valence-corrected chi connectivity index (χ4v) is 4.98. The van der Waals surface area contributed by atoms with Crippen LogP contribution in [0.2, 0.25) is 0 Å². The van der Waals surface area contributed by atoms with E-state index in [1.54, 1.807) is 0 Å². The van der Waals surface area contributed by atoms with E-state index >= 15 is 0 Å². The van der Waals surface area contributed by atoms with Crippen LogP contribution in [0.25, 0.3) is 0 Å². The van der Waals surface area contributed by atoms with E-state index in [0.717, 1.165) is 32.1 Å². The molecule has 0 aromatic heterocycles. The Hall–Kier alpha value is 1.95. The van der Waals surface area contributed by atoms with Gasteiger partial charge in [0.2, 0.25) is 0 Å². The van der Waals surface area contributed by atoms with Crippen molar-refractivity contribution >= 4 is 11.9 Å². The number of allylic oxidation sites excluding steroid dienone is 2. The molecule has 0 radical (unpaired) electrons. The molecule has 0 N–H and O–H groups in total. The monoisotopic (exact) mass is 642 g/mol. The molecular weight excluding hydrogens is 575 g/mol. The van der Waals surface area contributed by atoms with E-state index in [2.05, 4.69) is 26.0 Å². The molecule has 42 heavy (non-hydrogen) atoms. The standard InChI is InChI=1S/C18H36O2.C18H34O2.2K/c2*1-2-3-4-5-6-7-8-9-10-11-12-13-14-15-16-17-18(19)20;;/h2-17H2,1H3,(H,19,20);9-10H,2-8,11-17H2,1H3,(H,19,20);;/q;;2*+1/p-2/b;10-9-;;. The van der Waals surface area contributed by atoms with Crippen molar-refractivity contribution in [3.05, 3.63) is 12.2 Å². The Morgan fingerprint density at radius 2 is 0.595 bits per heavy atom. The molecule has 0 unspecified atom stereocenters. The zero-order chi connectivity index (χ0) is 29.8. The van der Waals surface area contributed by atoms with Crippen LogP contribution in [-0.2, 0) is 9.59 Å². The zero-order valence-corrected chi connectivity index (χ0v) is 35.2. The van der Waals surface area contributed by atoms with Gasteiger partial charge < -0.3 is 19.8 Å². The SMILES string of the molecule is CCCCCCCC/C=C\CCCCCCCC(=O)[O-].CCCCCCCCCCCCCCCCCC(=O)[O-].[K+].[K+]. The van der Waals surface area contributed by atoms with Crippen molar-refractivity contribution in [3.8, 4) is 0 Å². The number of hydrogen-bond donors (Lipinski definition) is 0. The molecule has 0 aliphatic heterocycles. The number of unbranched alkanes of at least 4 members (excludes halogenated alkanes) is 25. The Morgan fingerprint density at radius 1 is 0.381 bits per heavy atom. The smallest absolute Gasteiger partial charge is 0.550 e. The summed E-state index contributed by atoms with van der Waals surface area (Å²) in [7, 11) is 0. The van der Waals surface area contributed by atoms with Crippen LogP contribution in [0.3, 0.4) is 0 Å². The normalized spacial score (nSPS) is 10.5. The second kappa shape index (κ2) is 47.4. The van der Waals surface area contributed by atoms with Gasteiger partial charge >= 0.3 is 103 Å². The van der Waals surface area contributed by atoms with Crippen molar-refractivity contribution in [1.29, 1.82) is 0 Å². The molecule has 0 spiro atoms. The maximum absolute atomic E-state index is 10.2. The Morgan fingerprint density at radius 3 is 0.833 bits per heavy atom. The van der Waals surface area contributed by atoms with Gasteiger partial charge in [-0.2, -0.15) is 0 Å². The first-order valence-electron chi connectivity index (χ1n) is 17.6. The molecule has 0 aromatic rings. The summed E-state index contributed by atoms with van der Waals surface area (Å²) >= 11 is 0. The van der Waals surface area contributed by atoms with Crippen molar-refractivity contribution in [2.45, 2.75) is 206 Å². The first kappa shape index (κ1) is 50.8. The third-order valence-corrected chi connectivity index (χ3v) is 7.63. The summed E-state index contributed by atoms with van der Waals surface area (Å²) in [5, 5.41) is 20.4. The van der Waals surface area contributed by atoms with E-state index in [1.165, 1.54) is 148 Å². The average Bonchev–Trinajstić information content (AvgIpc) is 2.93. The molecule has 4 nitrogen and oxygen atoms in total. The van der Waals surface area contributed by atoms with Crippen LogP contribution in [0.4, 0.5) is 0 Å². The number of carboxylic acid groups (broad SMARTS) is 2. The summed E-state index contributed by atoms with van der Waals surface area (Å²) in [6, 6.07) is 0. The minimum atomic E-state index is -0.914. The molecule has 6 heteroatoms. The number of carboxylic acids is 2. The second-order valence-corrected chi connectivity index (χ2v) is 11.8. The summed E-state index contributed by atoms with van der Waals surface area (Å²) in [5.41, 5.74) is 0. The van der Waals surface area contributed by atoms with Crippen LogP contribution in [0.5, 0.6) is 0 Å². The van der Waals surface area contributed by atoms with Gasteiger partial charge in [-0.3, -0.25) is 0 Å². The summed E-state index contributed by atoms with van der Waals surface area (Å²) in [6.45, 7) is 4.52. The number of carbonyl (C=O) groups is 2. The van der Waals surface area contributed by atoms with E-state index in [1.807, 2.05) is 0 Å². The van der Waals surface area contributed by atoms with Crippen LogP contribution in [-0.4, -0.2) is 11.9 Å². The Bertz CT molecular complexity index is 540. The maximum Gasteiger partial charge on any atom is 1.00 e. The van der Waals surface area contributed by atoms with Gasteiger partial charge in [-0.25, -0.2) is 0 Å². The molecular formula is C36H68K2O4. The summed E-state index contributed by atoms with van der Waals surface area (Å²) in [4.78, 5) is 20.4. The first-order valence-corrected chi connectivity index (χ1v) is 17.6. The number of aliphatic carboxylic acids is 2. The predicted molar refractivity (Wildman–Crippen MR) is 169 cm³/mol. The average molecular weight is 643 g/mol. The minimum Gasteiger partial charge on any atom is -0.550 e. The van der Waals surface area contributed by atoms with Gasteiger partial charge in [0, 0.05) is 11.9 Å². The van der Waals surface area contributed by atoms with Gasteiger partial charge in [-0.05, 0) is 51.4 Å². The van der Waals surface area contributed by atoms with Crippen LogP contribution >= 0.6 is 0 Å². The van der Waals surface area contributed by atoms with Crippen LogP contribution in [0, 0.1) is 0 Å².